The number of rotatable bonds is 4. The van der Waals surface area contributed by atoms with Gasteiger partial charge in [-0.3, -0.25) is 4.79 Å². The van der Waals surface area contributed by atoms with E-state index in [1.165, 1.54) is 0 Å². The zero-order chi connectivity index (χ0) is 19.5. The molecule has 7 heteroatoms. The number of hydrogen-bond donors (Lipinski definition) is 1. The van der Waals surface area contributed by atoms with Gasteiger partial charge in [0.2, 0.25) is 6.79 Å². The van der Waals surface area contributed by atoms with Crippen molar-refractivity contribution in [3.63, 3.8) is 0 Å². The number of fused-ring (bicyclic) bond motifs is 1. The summed E-state index contributed by atoms with van der Waals surface area (Å²) in [5.41, 5.74) is 1.36. The number of nitrogens with one attached hydrogen (secondary N) is 1. The molecule has 0 bridgehead atoms. The van der Waals surface area contributed by atoms with Crippen LogP contribution in [0.1, 0.15) is 23.2 Å². The Bertz CT molecular complexity index is 884. The second-order valence-electron chi connectivity index (χ2n) is 6.88. The maximum absolute atomic E-state index is 12.9. The van der Waals surface area contributed by atoms with E-state index in [-0.39, 0.29) is 24.5 Å². The summed E-state index contributed by atoms with van der Waals surface area (Å²) in [6.07, 6.45) is 3.62. The number of thioether (sulfide) groups is 1. The third kappa shape index (κ3) is 3.94. The lowest BCUT2D eigenvalue weighted by Crippen LogP contribution is -2.44. The first-order chi connectivity index (χ1) is 13.6. The number of likely N-dealkylation sites (tertiary alicyclic amines) is 1. The van der Waals surface area contributed by atoms with E-state index < -0.39 is 0 Å². The van der Waals surface area contributed by atoms with Crippen LogP contribution in [0.25, 0.3) is 0 Å². The molecule has 1 atom stereocenters. The smallest absolute Gasteiger partial charge is 0.321 e. The van der Waals surface area contributed by atoms with Crippen LogP contribution in [0.5, 0.6) is 11.5 Å². The molecule has 0 spiro atoms. The molecule has 146 valence electrons. The first kappa shape index (κ1) is 18.7. The van der Waals surface area contributed by atoms with Crippen molar-refractivity contribution >= 4 is 29.3 Å². The van der Waals surface area contributed by atoms with E-state index in [9.17, 15) is 9.59 Å². The van der Waals surface area contributed by atoms with Crippen molar-refractivity contribution in [3.05, 3.63) is 48.0 Å². The van der Waals surface area contributed by atoms with Crippen molar-refractivity contribution in [1.29, 1.82) is 0 Å². The van der Waals surface area contributed by atoms with Gasteiger partial charge >= 0.3 is 6.03 Å². The summed E-state index contributed by atoms with van der Waals surface area (Å²) >= 11 is 1.65. The number of hydrogen-bond acceptors (Lipinski definition) is 5. The Morgan fingerprint density at radius 3 is 2.68 bits per heavy atom. The molecule has 1 N–H and O–H groups in total. The minimum absolute atomic E-state index is 0.105. The summed E-state index contributed by atoms with van der Waals surface area (Å²) in [5, 5.41) is 2.89. The number of carbonyl (C=O) groups excluding carboxylic acids is 2. The van der Waals surface area contributed by atoms with Crippen molar-refractivity contribution in [3.8, 4) is 11.5 Å². The van der Waals surface area contributed by atoms with Crippen LogP contribution >= 0.6 is 11.8 Å². The number of amides is 2. The molecule has 28 heavy (non-hydrogen) atoms. The lowest BCUT2D eigenvalue weighted by molar-refractivity contribution is 0.0851. The number of anilines is 1. The zero-order valence-electron chi connectivity index (χ0n) is 15.6. The predicted octanol–water partition coefficient (Wildman–Crippen LogP) is 4.26. The van der Waals surface area contributed by atoms with E-state index >= 15 is 0 Å². The highest BCUT2D eigenvalue weighted by molar-refractivity contribution is 7.98. The first-order valence-electron chi connectivity index (χ1n) is 9.28. The Morgan fingerprint density at radius 1 is 1.11 bits per heavy atom. The Morgan fingerprint density at radius 2 is 1.89 bits per heavy atom. The van der Waals surface area contributed by atoms with Crippen LogP contribution in [0.2, 0.25) is 0 Å². The Balaban J connectivity index is 1.39. The fourth-order valence-corrected chi connectivity index (χ4v) is 3.95. The van der Waals surface area contributed by atoms with Gasteiger partial charge in [0.15, 0.2) is 17.3 Å². The number of ketones is 1. The van der Waals surface area contributed by atoms with Gasteiger partial charge in [0.25, 0.3) is 0 Å². The average Bonchev–Trinajstić information content (AvgIpc) is 3.21. The van der Waals surface area contributed by atoms with Crippen molar-refractivity contribution in [2.24, 2.45) is 5.92 Å². The second-order valence-corrected chi connectivity index (χ2v) is 7.76. The summed E-state index contributed by atoms with van der Waals surface area (Å²) in [6.45, 7) is 1.27. The van der Waals surface area contributed by atoms with E-state index in [0.29, 0.717) is 35.8 Å². The number of nitrogens with zero attached hydrogens (tertiary/aromatic N) is 1. The number of ether oxygens (including phenoxy) is 2. The maximum atomic E-state index is 12.9. The first-order valence-corrected chi connectivity index (χ1v) is 10.5. The Hall–Kier alpha value is -2.67. The van der Waals surface area contributed by atoms with E-state index in [2.05, 4.69) is 5.32 Å². The molecule has 0 aliphatic carbocycles. The van der Waals surface area contributed by atoms with Gasteiger partial charge < -0.3 is 19.7 Å². The third-order valence-corrected chi connectivity index (χ3v) is 5.82. The number of carbonyl (C=O) groups is 2. The monoisotopic (exact) mass is 398 g/mol. The minimum atomic E-state index is -0.200. The summed E-state index contributed by atoms with van der Waals surface area (Å²) < 4.78 is 10.6. The van der Waals surface area contributed by atoms with Crippen LogP contribution in [0.3, 0.4) is 0 Å². The van der Waals surface area contributed by atoms with Crippen molar-refractivity contribution in [1.82, 2.24) is 4.90 Å². The van der Waals surface area contributed by atoms with E-state index in [1.54, 1.807) is 34.9 Å². The molecular weight excluding hydrogens is 376 g/mol. The molecule has 2 amide bonds. The molecule has 2 heterocycles. The molecular formula is C21H22N2O4S. The van der Waals surface area contributed by atoms with Crippen LogP contribution in [-0.2, 0) is 0 Å². The van der Waals surface area contributed by atoms with Crippen molar-refractivity contribution < 1.29 is 19.1 Å². The van der Waals surface area contributed by atoms with Gasteiger partial charge in [0.05, 0.1) is 0 Å². The number of piperidine rings is 1. The summed E-state index contributed by atoms with van der Waals surface area (Å²) in [4.78, 5) is 28.4. The van der Waals surface area contributed by atoms with E-state index in [0.717, 1.165) is 17.7 Å². The molecule has 6 nitrogen and oxygen atoms in total. The number of urea groups is 1. The molecule has 1 fully saturated rings. The summed E-state index contributed by atoms with van der Waals surface area (Å²) in [7, 11) is 0. The highest BCUT2D eigenvalue weighted by Crippen LogP contribution is 2.34. The number of benzene rings is 2. The normalized spacial score (nSPS) is 18.0. The van der Waals surface area contributed by atoms with Gasteiger partial charge in [0.1, 0.15) is 0 Å². The fraction of sp³-hybridized carbons (Fsp3) is 0.333. The molecule has 2 aliphatic heterocycles. The van der Waals surface area contributed by atoms with Crippen molar-refractivity contribution in [2.45, 2.75) is 17.7 Å². The van der Waals surface area contributed by atoms with Crippen LogP contribution in [-0.4, -0.2) is 42.9 Å². The molecule has 2 aliphatic rings. The maximum Gasteiger partial charge on any atom is 0.321 e. The van der Waals surface area contributed by atoms with E-state index in [1.807, 2.05) is 30.5 Å². The van der Waals surface area contributed by atoms with Crippen molar-refractivity contribution in [2.75, 3.05) is 31.5 Å². The molecule has 0 radical (unpaired) electrons. The second kappa shape index (κ2) is 8.14. The van der Waals surface area contributed by atoms with Gasteiger partial charge in [0, 0.05) is 41.2 Å². The van der Waals surface area contributed by atoms with E-state index in [4.69, 9.17) is 9.47 Å². The number of Topliss-reactive ketones (excluding diaryl/α,β-unsaturated/α-hetero) is 1. The van der Waals surface area contributed by atoms with Crippen LogP contribution in [0.4, 0.5) is 10.5 Å². The highest BCUT2D eigenvalue weighted by Gasteiger charge is 2.29. The fourth-order valence-electron chi connectivity index (χ4n) is 3.54. The summed E-state index contributed by atoms with van der Waals surface area (Å²) in [6, 6.07) is 12.8. The molecule has 0 aromatic heterocycles. The molecule has 0 saturated carbocycles. The molecule has 4 rings (SSSR count). The lowest BCUT2D eigenvalue weighted by atomic mass is 9.90. The molecule has 2 aromatic rings. The van der Waals surface area contributed by atoms with Crippen LogP contribution < -0.4 is 14.8 Å². The highest BCUT2D eigenvalue weighted by atomic mass is 32.2. The third-order valence-electron chi connectivity index (χ3n) is 5.08. The quantitative estimate of drug-likeness (QED) is 0.616. The standard InChI is InChI=1S/C21H22N2O4S/c1-28-17-7-4-14(5-8-17)20(24)15-3-2-10-23(12-15)21(25)22-16-6-9-18-19(11-16)27-13-26-18/h4-9,11,15H,2-3,10,12-13H2,1H3,(H,22,25). The summed E-state index contributed by atoms with van der Waals surface area (Å²) in [5.74, 6) is 1.23. The minimum Gasteiger partial charge on any atom is -0.454 e. The van der Waals surface area contributed by atoms with Crippen LogP contribution in [0.15, 0.2) is 47.4 Å². The van der Waals surface area contributed by atoms with Gasteiger partial charge in [-0.2, -0.15) is 0 Å². The predicted molar refractivity (Wildman–Crippen MR) is 108 cm³/mol. The Labute approximate surface area is 168 Å². The van der Waals surface area contributed by atoms with Gasteiger partial charge in [-0.15, -0.1) is 11.8 Å². The van der Waals surface area contributed by atoms with Gasteiger partial charge in [-0.25, -0.2) is 4.79 Å². The van der Waals surface area contributed by atoms with Gasteiger partial charge in [-0.1, -0.05) is 12.1 Å². The molecule has 1 saturated heterocycles. The van der Waals surface area contributed by atoms with Crippen LogP contribution in [0, 0.1) is 5.92 Å². The molecule has 2 aromatic carbocycles. The lowest BCUT2D eigenvalue weighted by Gasteiger charge is -2.32. The molecule has 1 unspecified atom stereocenters. The SMILES string of the molecule is CSc1ccc(C(=O)C2CCCN(C(=O)Nc3ccc4c(c3)OCO4)C2)cc1. The Kier molecular flexibility index (Phi) is 5.43. The topological polar surface area (TPSA) is 67.9 Å². The largest absolute Gasteiger partial charge is 0.454 e. The zero-order valence-corrected chi connectivity index (χ0v) is 16.5. The average molecular weight is 398 g/mol. The van der Waals surface area contributed by atoms with Gasteiger partial charge in [-0.05, 0) is 43.4 Å².